The zero-order valence-corrected chi connectivity index (χ0v) is 17.9. The highest BCUT2D eigenvalue weighted by molar-refractivity contribution is 7.99. The molecule has 1 aliphatic heterocycles. The van der Waals surface area contributed by atoms with Crippen molar-refractivity contribution in [1.82, 2.24) is 14.8 Å². The van der Waals surface area contributed by atoms with E-state index in [2.05, 4.69) is 29.8 Å². The minimum Gasteiger partial charge on any atom is -0.497 e. The van der Waals surface area contributed by atoms with Crippen molar-refractivity contribution in [3.05, 3.63) is 66.7 Å². The Morgan fingerprint density at radius 2 is 2.00 bits per heavy atom. The number of nitrogens with zero attached hydrogens (tertiary/aromatic N) is 4. The molecule has 2 heterocycles. The van der Waals surface area contributed by atoms with Crippen molar-refractivity contribution in [2.75, 3.05) is 17.8 Å². The van der Waals surface area contributed by atoms with Crippen LogP contribution in [0.15, 0.2) is 66.3 Å². The predicted octanol–water partition coefficient (Wildman–Crippen LogP) is 4.21. The molecule has 1 unspecified atom stereocenters. The van der Waals surface area contributed by atoms with E-state index >= 15 is 0 Å². The normalized spacial score (nSPS) is 15.1. The summed E-state index contributed by atoms with van der Waals surface area (Å²) in [4.78, 5) is 14.9. The number of carbonyl (C=O) groups is 1. The maximum absolute atomic E-state index is 13.0. The maximum atomic E-state index is 13.0. The summed E-state index contributed by atoms with van der Waals surface area (Å²) in [6, 6.07) is 16.0. The van der Waals surface area contributed by atoms with E-state index < -0.39 is 0 Å². The van der Waals surface area contributed by atoms with Crippen LogP contribution < -0.4 is 9.64 Å². The van der Waals surface area contributed by atoms with Crippen LogP contribution >= 0.6 is 11.8 Å². The maximum Gasteiger partial charge on any atom is 0.237 e. The number of carbonyl (C=O) groups excluding carboxylic acids is 1. The number of para-hydroxylation sites is 1. The fourth-order valence-corrected chi connectivity index (χ4v) is 4.59. The first-order valence-electron chi connectivity index (χ1n) is 9.83. The standard InChI is InChI=1S/C23H24N4O2S/c1-4-13-26-22(17-9-11-19(29-3)12-10-17)24-25-23(26)30-15-21(28)27-16(2)14-18-7-5-6-8-20(18)27/h4-12,16H,1,13-15H2,2-3H3. The van der Waals surface area contributed by atoms with Crippen molar-refractivity contribution < 1.29 is 9.53 Å². The molecule has 1 atom stereocenters. The average Bonchev–Trinajstić information content (AvgIpc) is 3.32. The summed E-state index contributed by atoms with van der Waals surface area (Å²) in [5.74, 6) is 1.91. The molecule has 6 nitrogen and oxygen atoms in total. The molecule has 0 saturated heterocycles. The molecule has 0 aliphatic carbocycles. The van der Waals surface area contributed by atoms with Crippen molar-refractivity contribution >= 4 is 23.4 Å². The van der Waals surface area contributed by atoms with E-state index in [1.807, 2.05) is 51.9 Å². The van der Waals surface area contributed by atoms with Gasteiger partial charge in [0.15, 0.2) is 11.0 Å². The largest absolute Gasteiger partial charge is 0.497 e. The van der Waals surface area contributed by atoms with Gasteiger partial charge in [-0.25, -0.2) is 0 Å². The van der Waals surface area contributed by atoms with Gasteiger partial charge in [-0.2, -0.15) is 0 Å². The molecule has 0 N–H and O–H groups in total. The SMILES string of the molecule is C=CCn1c(SCC(=O)N2c3ccccc3CC2C)nnc1-c1ccc(OC)cc1. The monoisotopic (exact) mass is 420 g/mol. The van der Waals surface area contributed by atoms with Crippen molar-refractivity contribution in [3.63, 3.8) is 0 Å². The molecular weight excluding hydrogens is 396 g/mol. The molecule has 1 aliphatic rings. The van der Waals surface area contributed by atoms with Gasteiger partial charge in [-0.15, -0.1) is 16.8 Å². The lowest BCUT2D eigenvalue weighted by Gasteiger charge is -2.22. The van der Waals surface area contributed by atoms with E-state index in [-0.39, 0.29) is 11.9 Å². The topological polar surface area (TPSA) is 60.2 Å². The Hall–Kier alpha value is -3.06. The lowest BCUT2D eigenvalue weighted by atomic mass is 10.1. The highest BCUT2D eigenvalue weighted by Gasteiger charge is 2.30. The van der Waals surface area contributed by atoms with E-state index in [1.165, 1.54) is 17.3 Å². The quantitative estimate of drug-likeness (QED) is 0.423. The highest BCUT2D eigenvalue weighted by atomic mass is 32.2. The highest BCUT2D eigenvalue weighted by Crippen LogP contribution is 2.33. The summed E-state index contributed by atoms with van der Waals surface area (Å²) in [5.41, 5.74) is 3.17. The van der Waals surface area contributed by atoms with Crippen LogP contribution in [0.25, 0.3) is 11.4 Å². The first-order chi connectivity index (χ1) is 14.6. The van der Waals surface area contributed by atoms with Crippen molar-refractivity contribution in [1.29, 1.82) is 0 Å². The van der Waals surface area contributed by atoms with Crippen molar-refractivity contribution in [2.24, 2.45) is 0 Å². The number of thioether (sulfide) groups is 1. The van der Waals surface area contributed by atoms with Gasteiger partial charge in [0.25, 0.3) is 0 Å². The number of benzene rings is 2. The summed E-state index contributed by atoms with van der Waals surface area (Å²) < 4.78 is 7.21. The third kappa shape index (κ3) is 3.85. The number of hydrogen-bond donors (Lipinski definition) is 0. The van der Waals surface area contributed by atoms with Gasteiger partial charge in [0, 0.05) is 23.8 Å². The molecule has 0 saturated carbocycles. The molecule has 1 amide bonds. The van der Waals surface area contributed by atoms with Gasteiger partial charge in [0.1, 0.15) is 5.75 Å². The molecule has 0 fully saturated rings. The molecule has 0 bridgehead atoms. The molecule has 3 aromatic rings. The number of rotatable bonds is 7. The third-order valence-electron chi connectivity index (χ3n) is 5.18. The molecule has 0 spiro atoms. The van der Waals surface area contributed by atoms with Crippen molar-refractivity contribution in [2.45, 2.75) is 31.1 Å². The summed E-state index contributed by atoms with van der Waals surface area (Å²) >= 11 is 1.41. The van der Waals surface area contributed by atoms with Gasteiger partial charge >= 0.3 is 0 Å². The Morgan fingerprint density at radius 1 is 1.23 bits per heavy atom. The molecule has 2 aromatic carbocycles. The minimum absolute atomic E-state index is 0.0802. The second-order valence-electron chi connectivity index (χ2n) is 7.17. The van der Waals surface area contributed by atoms with E-state index in [1.54, 1.807) is 13.2 Å². The zero-order chi connectivity index (χ0) is 21.1. The van der Waals surface area contributed by atoms with E-state index in [0.717, 1.165) is 29.2 Å². The third-order valence-corrected chi connectivity index (χ3v) is 6.13. The van der Waals surface area contributed by atoms with Gasteiger partial charge in [0.2, 0.25) is 5.91 Å². The molecule has 7 heteroatoms. The number of hydrogen-bond acceptors (Lipinski definition) is 5. The molecule has 0 radical (unpaired) electrons. The number of amides is 1. The summed E-state index contributed by atoms with van der Waals surface area (Å²) in [7, 11) is 1.64. The fourth-order valence-electron chi connectivity index (χ4n) is 3.78. The zero-order valence-electron chi connectivity index (χ0n) is 17.1. The van der Waals surface area contributed by atoms with Crippen molar-refractivity contribution in [3.8, 4) is 17.1 Å². The molecular formula is C23H24N4O2S. The van der Waals surface area contributed by atoms with Crippen LogP contribution in [0.2, 0.25) is 0 Å². The summed E-state index contributed by atoms with van der Waals surface area (Å²) in [6.07, 6.45) is 2.70. The number of fused-ring (bicyclic) bond motifs is 1. The Kier molecular flexibility index (Phi) is 5.90. The molecule has 4 rings (SSSR count). The first kappa shape index (κ1) is 20.2. The smallest absolute Gasteiger partial charge is 0.237 e. The van der Waals surface area contributed by atoms with Crippen LogP contribution in [0.3, 0.4) is 0 Å². The predicted molar refractivity (Wildman–Crippen MR) is 120 cm³/mol. The Labute approximate surface area is 180 Å². The molecule has 154 valence electrons. The van der Waals surface area contributed by atoms with Crippen LogP contribution in [0.5, 0.6) is 5.75 Å². The number of allylic oxidation sites excluding steroid dienone is 1. The fraction of sp³-hybridized carbons (Fsp3) is 0.261. The second kappa shape index (κ2) is 8.75. The van der Waals surface area contributed by atoms with Crippen LogP contribution in [0.1, 0.15) is 12.5 Å². The number of anilines is 1. The van der Waals surface area contributed by atoms with Gasteiger partial charge in [-0.1, -0.05) is 36.0 Å². The van der Waals surface area contributed by atoms with E-state index in [4.69, 9.17) is 4.74 Å². The summed E-state index contributed by atoms with van der Waals surface area (Å²) in [6.45, 7) is 6.50. The minimum atomic E-state index is 0.0802. The number of methoxy groups -OCH3 is 1. The van der Waals surface area contributed by atoms with E-state index in [9.17, 15) is 4.79 Å². The Bertz CT molecular complexity index is 1060. The lowest BCUT2D eigenvalue weighted by Crippen LogP contribution is -2.37. The number of aromatic nitrogens is 3. The number of ether oxygens (including phenoxy) is 1. The van der Waals surface area contributed by atoms with Crippen LogP contribution in [0.4, 0.5) is 5.69 Å². The molecule has 1 aromatic heterocycles. The molecule has 30 heavy (non-hydrogen) atoms. The summed E-state index contributed by atoms with van der Waals surface area (Å²) in [5, 5.41) is 9.41. The van der Waals surface area contributed by atoms with E-state index in [0.29, 0.717) is 17.5 Å². The lowest BCUT2D eigenvalue weighted by molar-refractivity contribution is -0.116. The van der Waals surface area contributed by atoms with Crippen LogP contribution in [0, 0.1) is 0 Å². The Morgan fingerprint density at radius 3 is 2.73 bits per heavy atom. The van der Waals surface area contributed by atoms with Crippen LogP contribution in [-0.2, 0) is 17.8 Å². The van der Waals surface area contributed by atoms with Gasteiger partial charge in [-0.05, 0) is 49.2 Å². The van der Waals surface area contributed by atoms with Crippen LogP contribution in [-0.4, -0.2) is 39.6 Å². The van der Waals surface area contributed by atoms with Gasteiger partial charge < -0.3 is 9.64 Å². The average molecular weight is 421 g/mol. The second-order valence-corrected chi connectivity index (χ2v) is 8.11. The van der Waals surface area contributed by atoms with Gasteiger partial charge in [0.05, 0.1) is 12.9 Å². The Balaban J connectivity index is 1.53. The van der Waals surface area contributed by atoms with Gasteiger partial charge in [-0.3, -0.25) is 9.36 Å². The first-order valence-corrected chi connectivity index (χ1v) is 10.8.